The van der Waals surface area contributed by atoms with Gasteiger partial charge in [0.15, 0.2) is 11.5 Å². The number of hydrogen-bond acceptors (Lipinski definition) is 4. The molecule has 1 aromatic heterocycles. The Bertz CT molecular complexity index is 649. The van der Waals surface area contributed by atoms with Crippen molar-refractivity contribution in [2.75, 3.05) is 18.9 Å². The summed E-state index contributed by atoms with van der Waals surface area (Å²) < 4.78 is 11.1. The van der Waals surface area contributed by atoms with Crippen LogP contribution in [0.3, 0.4) is 0 Å². The lowest BCUT2D eigenvalue weighted by Gasteiger charge is -2.20. The van der Waals surface area contributed by atoms with E-state index in [-0.39, 0.29) is 11.4 Å². The third-order valence-corrected chi connectivity index (χ3v) is 2.97. The second-order valence-corrected chi connectivity index (χ2v) is 4.20. The Morgan fingerprint density at radius 2 is 2.05 bits per heavy atom. The Kier molecular flexibility index (Phi) is 2.56. The number of aromatic amines is 1. The number of hydrogen-bond donors (Lipinski definition) is 3. The molecule has 1 aliphatic heterocycles. The zero-order valence-corrected chi connectivity index (χ0v) is 10.1. The summed E-state index contributed by atoms with van der Waals surface area (Å²) in [6.45, 7) is 1.01. The van der Waals surface area contributed by atoms with Crippen molar-refractivity contribution in [3.8, 4) is 22.8 Å². The lowest BCUT2D eigenvalue weighted by Crippen LogP contribution is -2.15. The molecule has 0 radical (unpaired) electrons. The van der Waals surface area contributed by atoms with E-state index in [0.29, 0.717) is 30.4 Å². The Balaban J connectivity index is 2.12. The van der Waals surface area contributed by atoms with Crippen LogP contribution in [-0.2, 0) is 0 Å². The van der Waals surface area contributed by atoms with Crippen LogP contribution in [0.15, 0.2) is 24.3 Å². The minimum absolute atomic E-state index is 0.247. The monoisotopic (exact) mass is 259 g/mol. The van der Waals surface area contributed by atoms with E-state index in [9.17, 15) is 4.79 Å². The molecule has 0 saturated heterocycles. The van der Waals surface area contributed by atoms with Crippen molar-refractivity contribution in [3.63, 3.8) is 0 Å². The van der Waals surface area contributed by atoms with E-state index < -0.39 is 5.91 Å². The maximum atomic E-state index is 11.2. The number of carbonyl (C=O) groups excluding carboxylic acids is 1. The van der Waals surface area contributed by atoms with E-state index in [1.807, 2.05) is 18.2 Å². The molecule has 1 aliphatic rings. The van der Waals surface area contributed by atoms with E-state index in [2.05, 4.69) is 4.98 Å². The molecule has 2 aromatic rings. The zero-order valence-electron chi connectivity index (χ0n) is 10.1. The van der Waals surface area contributed by atoms with Crippen molar-refractivity contribution in [1.82, 2.24) is 4.98 Å². The van der Waals surface area contributed by atoms with Gasteiger partial charge in [-0.2, -0.15) is 0 Å². The number of amides is 1. The fourth-order valence-corrected chi connectivity index (χ4v) is 2.11. The number of ether oxygens (including phenoxy) is 2. The van der Waals surface area contributed by atoms with Crippen molar-refractivity contribution in [1.29, 1.82) is 0 Å². The number of aromatic nitrogens is 1. The minimum Gasteiger partial charge on any atom is -0.486 e. The molecule has 5 N–H and O–H groups in total. The SMILES string of the molecule is NC(=O)c1cc(-c2cccc3c2OCCO3)[nH]c1N. The quantitative estimate of drug-likeness (QED) is 0.752. The molecule has 6 heteroatoms. The summed E-state index contributed by atoms with van der Waals surface area (Å²) >= 11 is 0. The Hall–Kier alpha value is -2.63. The third kappa shape index (κ3) is 1.87. The summed E-state index contributed by atoms with van der Waals surface area (Å²) in [5.74, 6) is 1.00. The van der Waals surface area contributed by atoms with E-state index in [0.717, 1.165) is 5.56 Å². The molecule has 19 heavy (non-hydrogen) atoms. The Morgan fingerprint density at radius 3 is 2.79 bits per heavy atom. The fourth-order valence-electron chi connectivity index (χ4n) is 2.11. The topological polar surface area (TPSA) is 103 Å². The molecule has 0 spiro atoms. The first-order valence-electron chi connectivity index (χ1n) is 5.84. The average molecular weight is 259 g/mol. The van der Waals surface area contributed by atoms with Crippen molar-refractivity contribution >= 4 is 11.7 Å². The molecule has 0 aliphatic carbocycles. The molecular formula is C13H13N3O3. The summed E-state index contributed by atoms with van der Waals surface area (Å²) in [5, 5.41) is 0. The van der Waals surface area contributed by atoms with Gasteiger partial charge in [0, 0.05) is 5.56 Å². The standard InChI is InChI=1S/C13H13N3O3/c14-12-8(13(15)17)6-9(16-12)7-2-1-3-10-11(7)19-5-4-18-10/h1-3,6,16H,4-5,14H2,(H2,15,17). The second kappa shape index (κ2) is 4.24. The summed E-state index contributed by atoms with van der Waals surface area (Å²) in [5.41, 5.74) is 12.7. The number of nitrogen functional groups attached to an aromatic ring is 1. The second-order valence-electron chi connectivity index (χ2n) is 4.20. The Morgan fingerprint density at radius 1 is 1.26 bits per heavy atom. The van der Waals surface area contributed by atoms with E-state index >= 15 is 0 Å². The maximum Gasteiger partial charge on any atom is 0.252 e. The molecule has 3 rings (SSSR count). The van der Waals surface area contributed by atoms with Gasteiger partial charge in [-0.25, -0.2) is 0 Å². The maximum absolute atomic E-state index is 11.2. The number of para-hydroxylation sites is 1. The molecule has 2 heterocycles. The predicted octanol–water partition coefficient (Wildman–Crippen LogP) is 1.13. The summed E-state index contributed by atoms with van der Waals surface area (Å²) in [6, 6.07) is 7.16. The molecule has 0 bridgehead atoms. The van der Waals surface area contributed by atoms with Crippen LogP contribution in [0.5, 0.6) is 11.5 Å². The van der Waals surface area contributed by atoms with Crippen LogP contribution in [0.2, 0.25) is 0 Å². The highest BCUT2D eigenvalue weighted by molar-refractivity contribution is 5.99. The van der Waals surface area contributed by atoms with E-state index in [1.54, 1.807) is 6.07 Å². The van der Waals surface area contributed by atoms with Gasteiger partial charge in [0.1, 0.15) is 19.0 Å². The van der Waals surface area contributed by atoms with Crippen molar-refractivity contribution in [2.45, 2.75) is 0 Å². The lowest BCUT2D eigenvalue weighted by molar-refractivity contribution is 0.100. The van der Waals surface area contributed by atoms with Gasteiger partial charge in [-0.3, -0.25) is 4.79 Å². The molecule has 1 aromatic carbocycles. The highest BCUT2D eigenvalue weighted by Gasteiger charge is 2.19. The number of nitrogens with two attached hydrogens (primary N) is 2. The van der Waals surface area contributed by atoms with Crippen molar-refractivity contribution in [3.05, 3.63) is 29.8 Å². The van der Waals surface area contributed by atoms with Crippen LogP contribution >= 0.6 is 0 Å². The third-order valence-electron chi connectivity index (χ3n) is 2.97. The first kappa shape index (κ1) is 11.5. The van der Waals surface area contributed by atoms with Gasteiger partial charge in [0.2, 0.25) is 0 Å². The van der Waals surface area contributed by atoms with Crippen molar-refractivity contribution < 1.29 is 14.3 Å². The average Bonchev–Trinajstić information content (AvgIpc) is 2.80. The van der Waals surface area contributed by atoms with Crippen molar-refractivity contribution in [2.24, 2.45) is 5.73 Å². The number of benzene rings is 1. The predicted molar refractivity (Wildman–Crippen MR) is 70.1 cm³/mol. The number of rotatable bonds is 2. The van der Waals surface area contributed by atoms with Crippen LogP contribution in [-0.4, -0.2) is 24.1 Å². The highest BCUT2D eigenvalue weighted by Crippen LogP contribution is 2.40. The van der Waals surface area contributed by atoms with Gasteiger partial charge < -0.3 is 25.9 Å². The van der Waals surface area contributed by atoms with E-state index in [1.165, 1.54) is 0 Å². The normalized spacial score (nSPS) is 13.3. The van der Waals surface area contributed by atoms with Gasteiger partial charge in [0.25, 0.3) is 5.91 Å². The summed E-state index contributed by atoms with van der Waals surface area (Å²) in [7, 11) is 0. The number of H-pyrrole nitrogens is 1. The first-order valence-corrected chi connectivity index (χ1v) is 5.84. The van der Waals surface area contributed by atoms with Gasteiger partial charge >= 0.3 is 0 Å². The molecule has 98 valence electrons. The fraction of sp³-hybridized carbons (Fsp3) is 0.154. The van der Waals surface area contributed by atoms with Crippen LogP contribution in [0.1, 0.15) is 10.4 Å². The smallest absolute Gasteiger partial charge is 0.252 e. The van der Waals surface area contributed by atoms with Crippen LogP contribution in [0.4, 0.5) is 5.82 Å². The molecule has 6 nitrogen and oxygen atoms in total. The van der Waals surface area contributed by atoms with Gasteiger partial charge in [-0.15, -0.1) is 0 Å². The summed E-state index contributed by atoms with van der Waals surface area (Å²) in [6.07, 6.45) is 0. The molecular weight excluding hydrogens is 246 g/mol. The number of carbonyl (C=O) groups is 1. The molecule has 1 amide bonds. The summed E-state index contributed by atoms with van der Waals surface area (Å²) in [4.78, 5) is 14.2. The molecule has 0 atom stereocenters. The largest absolute Gasteiger partial charge is 0.486 e. The molecule has 0 saturated carbocycles. The first-order chi connectivity index (χ1) is 9.16. The highest BCUT2D eigenvalue weighted by atomic mass is 16.6. The zero-order chi connectivity index (χ0) is 13.4. The molecule has 0 fully saturated rings. The number of nitrogens with one attached hydrogen (secondary N) is 1. The van der Waals surface area contributed by atoms with Gasteiger partial charge in [-0.05, 0) is 18.2 Å². The van der Waals surface area contributed by atoms with Crippen LogP contribution in [0, 0.1) is 0 Å². The number of fused-ring (bicyclic) bond motifs is 1. The Labute approximate surface area is 109 Å². The van der Waals surface area contributed by atoms with Crippen LogP contribution < -0.4 is 20.9 Å². The molecule has 0 unspecified atom stereocenters. The van der Waals surface area contributed by atoms with Gasteiger partial charge in [0.05, 0.1) is 11.3 Å². The lowest BCUT2D eigenvalue weighted by atomic mass is 10.1. The number of anilines is 1. The number of primary amides is 1. The minimum atomic E-state index is -0.568. The van der Waals surface area contributed by atoms with Crippen LogP contribution in [0.25, 0.3) is 11.3 Å². The van der Waals surface area contributed by atoms with Gasteiger partial charge in [-0.1, -0.05) is 6.07 Å². The van der Waals surface area contributed by atoms with E-state index in [4.69, 9.17) is 20.9 Å².